The van der Waals surface area contributed by atoms with Gasteiger partial charge in [0.2, 0.25) is 0 Å². The predicted molar refractivity (Wildman–Crippen MR) is 92.4 cm³/mol. The molecule has 0 aromatic heterocycles. The molecule has 120 valence electrons. The molecule has 0 bridgehead atoms. The molecular weight excluding hydrogens is 306 g/mol. The molecule has 0 radical (unpaired) electrons. The second-order valence-corrected chi connectivity index (χ2v) is 8.42. The number of aryl methyl sites for hydroxylation is 3. The average Bonchev–Trinajstić information content (AvgIpc) is 3.02. The summed E-state index contributed by atoms with van der Waals surface area (Å²) in [6.45, 7) is 2.00. The zero-order chi connectivity index (χ0) is 16.0. The fraction of sp³-hybridized carbons (Fsp3) is 0.368. The number of sulfonamides is 1. The molecule has 4 rings (SSSR count). The van der Waals surface area contributed by atoms with Crippen molar-refractivity contribution < 1.29 is 8.42 Å². The minimum absolute atomic E-state index is 0.0110. The van der Waals surface area contributed by atoms with Gasteiger partial charge >= 0.3 is 0 Å². The van der Waals surface area contributed by atoms with Gasteiger partial charge in [-0.2, -0.15) is 0 Å². The summed E-state index contributed by atoms with van der Waals surface area (Å²) in [4.78, 5) is 0.432. The Morgan fingerprint density at radius 1 is 0.957 bits per heavy atom. The molecule has 0 spiro atoms. The molecule has 2 aromatic rings. The van der Waals surface area contributed by atoms with Crippen molar-refractivity contribution in [3.63, 3.8) is 0 Å². The van der Waals surface area contributed by atoms with Crippen LogP contribution in [0.25, 0.3) is 0 Å². The van der Waals surface area contributed by atoms with Crippen LogP contribution in [0.15, 0.2) is 47.4 Å². The van der Waals surface area contributed by atoms with Gasteiger partial charge < -0.3 is 0 Å². The van der Waals surface area contributed by atoms with Crippen LogP contribution in [0.5, 0.6) is 0 Å². The van der Waals surface area contributed by atoms with E-state index < -0.39 is 10.0 Å². The Morgan fingerprint density at radius 3 is 2.61 bits per heavy atom. The standard InChI is InChI=1S/C19H21NO2S/c1-14-9-10-16-5-2-3-8-19(16)20(14)23(21,22)18-12-11-15-6-4-7-17(15)13-18/h2-3,5,8,11-14H,4,6-7,9-10H2,1H3/t14-/m1/s1. The maximum absolute atomic E-state index is 13.3. The van der Waals surface area contributed by atoms with Crippen LogP contribution in [0.3, 0.4) is 0 Å². The van der Waals surface area contributed by atoms with Gasteiger partial charge in [0.05, 0.1) is 10.6 Å². The summed E-state index contributed by atoms with van der Waals surface area (Å²) >= 11 is 0. The van der Waals surface area contributed by atoms with Gasteiger partial charge in [0.1, 0.15) is 0 Å². The van der Waals surface area contributed by atoms with E-state index in [2.05, 4.69) is 0 Å². The Bertz CT molecular complexity index is 857. The maximum Gasteiger partial charge on any atom is 0.264 e. The van der Waals surface area contributed by atoms with Gasteiger partial charge in [-0.3, -0.25) is 4.31 Å². The monoisotopic (exact) mass is 327 g/mol. The van der Waals surface area contributed by atoms with Crippen molar-refractivity contribution in [3.05, 3.63) is 59.2 Å². The second kappa shape index (κ2) is 5.38. The third-order valence-electron chi connectivity index (χ3n) is 5.09. The first-order chi connectivity index (χ1) is 11.1. The lowest BCUT2D eigenvalue weighted by Crippen LogP contribution is -2.42. The number of hydrogen-bond acceptors (Lipinski definition) is 2. The first kappa shape index (κ1) is 14.8. The molecule has 0 N–H and O–H groups in total. The molecule has 4 heteroatoms. The molecule has 23 heavy (non-hydrogen) atoms. The molecule has 1 aliphatic carbocycles. The number of hydrogen-bond donors (Lipinski definition) is 0. The van der Waals surface area contributed by atoms with E-state index in [1.165, 1.54) is 11.1 Å². The Morgan fingerprint density at radius 2 is 1.74 bits per heavy atom. The smallest absolute Gasteiger partial charge is 0.263 e. The van der Waals surface area contributed by atoms with E-state index in [1.54, 1.807) is 10.4 Å². The van der Waals surface area contributed by atoms with E-state index in [-0.39, 0.29) is 6.04 Å². The van der Waals surface area contributed by atoms with Crippen LogP contribution in [0.1, 0.15) is 36.5 Å². The number of para-hydroxylation sites is 1. The Kier molecular flexibility index (Phi) is 3.45. The van der Waals surface area contributed by atoms with E-state index >= 15 is 0 Å². The SMILES string of the molecule is C[C@@H]1CCc2ccccc2N1S(=O)(=O)c1ccc2c(c1)CCC2. The number of benzene rings is 2. The van der Waals surface area contributed by atoms with Crippen molar-refractivity contribution in [1.82, 2.24) is 0 Å². The van der Waals surface area contributed by atoms with Gasteiger partial charge in [-0.25, -0.2) is 8.42 Å². The van der Waals surface area contributed by atoms with Crippen molar-refractivity contribution >= 4 is 15.7 Å². The van der Waals surface area contributed by atoms with E-state index in [0.717, 1.165) is 43.4 Å². The second-order valence-electron chi connectivity index (χ2n) is 6.60. The highest BCUT2D eigenvalue weighted by molar-refractivity contribution is 7.92. The molecule has 2 aromatic carbocycles. The third-order valence-corrected chi connectivity index (χ3v) is 7.01. The lowest BCUT2D eigenvalue weighted by Gasteiger charge is -2.36. The molecule has 0 fully saturated rings. The van der Waals surface area contributed by atoms with Crippen molar-refractivity contribution in [2.45, 2.75) is 50.0 Å². The van der Waals surface area contributed by atoms with Crippen LogP contribution in [0, 0.1) is 0 Å². The van der Waals surface area contributed by atoms with Crippen molar-refractivity contribution in [1.29, 1.82) is 0 Å². The Balaban J connectivity index is 1.82. The first-order valence-corrected chi connectivity index (χ1v) is 9.75. The van der Waals surface area contributed by atoms with Gasteiger partial charge in [-0.1, -0.05) is 24.3 Å². The molecule has 0 saturated heterocycles. The molecule has 1 aliphatic heterocycles. The number of nitrogens with zero attached hydrogens (tertiary/aromatic N) is 1. The van der Waals surface area contributed by atoms with E-state index in [0.29, 0.717) is 4.90 Å². The van der Waals surface area contributed by atoms with Crippen LogP contribution in [-0.4, -0.2) is 14.5 Å². The van der Waals surface area contributed by atoms with Gasteiger partial charge in [-0.05, 0) is 73.9 Å². The fourth-order valence-corrected chi connectivity index (χ4v) is 5.62. The quantitative estimate of drug-likeness (QED) is 0.843. The zero-order valence-electron chi connectivity index (χ0n) is 13.3. The van der Waals surface area contributed by atoms with E-state index in [1.807, 2.05) is 43.3 Å². The topological polar surface area (TPSA) is 37.4 Å². The molecule has 1 heterocycles. The molecule has 2 aliphatic rings. The highest BCUT2D eigenvalue weighted by atomic mass is 32.2. The Hall–Kier alpha value is -1.81. The molecule has 0 saturated carbocycles. The first-order valence-electron chi connectivity index (χ1n) is 8.31. The minimum atomic E-state index is -3.51. The largest absolute Gasteiger partial charge is 0.264 e. The van der Waals surface area contributed by atoms with Gasteiger partial charge in [0, 0.05) is 6.04 Å². The summed E-state index contributed by atoms with van der Waals surface area (Å²) in [5.74, 6) is 0. The number of fused-ring (bicyclic) bond motifs is 2. The highest BCUT2D eigenvalue weighted by Crippen LogP contribution is 2.36. The number of anilines is 1. The summed E-state index contributed by atoms with van der Waals surface area (Å²) in [5.41, 5.74) is 4.46. The fourth-order valence-electron chi connectivity index (χ4n) is 3.84. The summed E-state index contributed by atoms with van der Waals surface area (Å²) < 4.78 is 28.2. The maximum atomic E-state index is 13.3. The van der Waals surface area contributed by atoms with Crippen molar-refractivity contribution in [3.8, 4) is 0 Å². The van der Waals surface area contributed by atoms with Crippen LogP contribution >= 0.6 is 0 Å². The lowest BCUT2D eigenvalue weighted by molar-refractivity contribution is 0.563. The van der Waals surface area contributed by atoms with Crippen LogP contribution in [0.2, 0.25) is 0 Å². The average molecular weight is 327 g/mol. The van der Waals surface area contributed by atoms with Crippen LogP contribution in [-0.2, 0) is 29.3 Å². The predicted octanol–water partition coefficient (Wildman–Crippen LogP) is 3.71. The lowest BCUT2D eigenvalue weighted by atomic mass is 9.99. The van der Waals surface area contributed by atoms with Gasteiger partial charge in [0.15, 0.2) is 0 Å². The Labute approximate surface area is 138 Å². The van der Waals surface area contributed by atoms with Crippen LogP contribution < -0.4 is 4.31 Å². The zero-order valence-corrected chi connectivity index (χ0v) is 14.1. The summed E-state index contributed by atoms with van der Waals surface area (Å²) in [7, 11) is -3.51. The summed E-state index contributed by atoms with van der Waals surface area (Å²) in [5, 5.41) is 0. The summed E-state index contributed by atoms with van der Waals surface area (Å²) in [6, 6.07) is 13.5. The minimum Gasteiger partial charge on any atom is -0.263 e. The van der Waals surface area contributed by atoms with Gasteiger partial charge in [-0.15, -0.1) is 0 Å². The molecule has 0 amide bonds. The highest BCUT2D eigenvalue weighted by Gasteiger charge is 2.34. The number of rotatable bonds is 2. The van der Waals surface area contributed by atoms with Crippen LogP contribution in [0.4, 0.5) is 5.69 Å². The summed E-state index contributed by atoms with van der Waals surface area (Å²) in [6.07, 6.45) is 4.99. The molecule has 3 nitrogen and oxygen atoms in total. The molecule has 1 atom stereocenters. The normalized spacial score (nSPS) is 20.2. The third kappa shape index (κ3) is 2.36. The van der Waals surface area contributed by atoms with E-state index in [4.69, 9.17) is 0 Å². The van der Waals surface area contributed by atoms with Crippen molar-refractivity contribution in [2.75, 3.05) is 4.31 Å². The van der Waals surface area contributed by atoms with E-state index in [9.17, 15) is 8.42 Å². The molecular formula is C19H21NO2S. The van der Waals surface area contributed by atoms with Gasteiger partial charge in [0.25, 0.3) is 10.0 Å². The molecule has 0 unspecified atom stereocenters. The van der Waals surface area contributed by atoms with Crippen molar-refractivity contribution in [2.24, 2.45) is 0 Å².